The summed E-state index contributed by atoms with van der Waals surface area (Å²) >= 11 is 0. The minimum atomic E-state index is 0.0721. The number of fused-ring (bicyclic) bond motifs is 1. The van der Waals surface area contributed by atoms with Crippen molar-refractivity contribution >= 4 is 11.6 Å². The predicted octanol–water partition coefficient (Wildman–Crippen LogP) is 2.73. The SMILES string of the molecule is Cc1ccc(CN2Cc3ccc(N)cc3C2=O)cc1. The molecule has 3 rings (SSSR count). The van der Waals surface area contributed by atoms with Crippen LogP contribution in [0.15, 0.2) is 42.5 Å². The fourth-order valence-electron chi connectivity index (χ4n) is 2.42. The smallest absolute Gasteiger partial charge is 0.254 e. The largest absolute Gasteiger partial charge is 0.399 e. The van der Waals surface area contributed by atoms with Crippen LogP contribution in [0.2, 0.25) is 0 Å². The number of amides is 1. The van der Waals surface area contributed by atoms with Crippen LogP contribution in [0.3, 0.4) is 0 Å². The molecule has 2 aromatic rings. The number of carbonyl (C=O) groups is 1. The number of aryl methyl sites for hydroxylation is 1. The molecule has 0 bridgehead atoms. The summed E-state index contributed by atoms with van der Waals surface area (Å²) in [5.41, 5.74) is 10.6. The quantitative estimate of drug-likeness (QED) is 0.835. The Morgan fingerprint density at radius 2 is 1.89 bits per heavy atom. The molecule has 3 nitrogen and oxygen atoms in total. The van der Waals surface area contributed by atoms with E-state index >= 15 is 0 Å². The average molecular weight is 252 g/mol. The van der Waals surface area contributed by atoms with Crippen molar-refractivity contribution in [1.82, 2.24) is 4.90 Å². The first kappa shape index (κ1) is 11.8. The third kappa shape index (κ3) is 2.19. The highest BCUT2D eigenvalue weighted by Crippen LogP contribution is 2.26. The maximum Gasteiger partial charge on any atom is 0.254 e. The molecule has 2 N–H and O–H groups in total. The molecule has 19 heavy (non-hydrogen) atoms. The summed E-state index contributed by atoms with van der Waals surface area (Å²) in [5.74, 6) is 0.0721. The maximum atomic E-state index is 12.3. The Kier molecular flexibility index (Phi) is 2.75. The zero-order chi connectivity index (χ0) is 13.4. The molecular weight excluding hydrogens is 236 g/mol. The number of nitrogens with zero attached hydrogens (tertiary/aromatic N) is 1. The van der Waals surface area contributed by atoms with E-state index in [-0.39, 0.29) is 5.91 Å². The van der Waals surface area contributed by atoms with Crippen LogP contribution in [-0.4, -0.2) is 10.8 Å². The highest BCUT2D eigenvalue weighted by Gasteiger charge is 2.27. The second kappa shape index (κ2) is 4.43. The molecule has 1 heterocycles. The van der Waals surface area contributed by atoms with Gasteiger partial charge >= 0.3 is 0 Å². The first-order valence-electron chi connectivity index (χ1n) is 6.37. The van der Waals surface area contributed by atoms with Crippen molar-refractivity contribution in [2.45, 2.75) is 20.0 Å². The summed E-state index contributed by atoms with van der Waals surface area (Å²) in [6.07, 6.45) is 0. The fraction of sp³-hybridized carbons (Fsp3) is 0.188. The summed E-state index contributed by atoms with van der Waals surface area (Å²) in [5, 5.41) is 0. The van der Waals surface area contributed by atoms with E-state index in [1.54, 1.807) is 6.07 Å². The minimum absolute atomic E-state index is 0.0721. The lowest BCUT2D eigenvalue weighted by molar-refractivity contribution is 0.0767. The molecule has 0 saturated carbocycles. The summed E-state index contributed by atoms with van der Waals surface area (Å²) < 4.78 is 0. The van der Waals surface area contributed by atoms with Crippen molar-refractivity contribution in [3.05, 3.63) is 64.7 Å². The van der Waals surface area contributed by atoms with E-state index in [0.29, 0.717) is 18.8 Å². The van der Waals surface area contributed by atoms with E-state index in [1.807, 2.05) is 17.0 Å². The van der Waals surface area contributed by atoms with Crippen molar-refractivity contribution in [3.8, 4) is 0 Å². The molecule has 0 unspecified atom stereocenters. The number of rotatable bonds is 2. The van der Waals surface area contributed by atoms with Crippen LogP contribution in [0.1, 0.15) is 27.0 Å². The van der Waals surface area contributed by atoms with Crippen molar-refractivity contribution < 1.29 is 4.79 Å². The van der Waals surface area contributed by atoms with Gasteiger partial charge in [-0.15, -0.1) is 0 Å². The average Bonchev–Trinajstić information content (AvgIpc) is 2.70. The molecular formula is C16H16N2O. The first-order valence-corrected chi connectivity index (χ1v) is 6.37. The molecule has 2 aromatic carbocycles. The van der Waals surface area contributed by atoms with Gasteiger partial charge in [0.2, 0.25) is 0 Å². The fourth-order valence-corrected chi connectivity index (χ4v) is 2.42. The Morgan fingerprint density at radius 3 is 2.63 bits per heavy atom. The second-order valence-electron chi connectivity index (χ2n) is 5.06. The third-order valence-electron chi connectivity index (χ3n) is 3.51. The van der Waals surface area contributed by atoms with E-state index < -0.39 is 0 Å². The Labute approximate surface area is 112 Å². The normalized spacial score (nSPS) is 13.7. The number of carbonyl (C=O) groups excluding carboxylic acids is 1. The molecule has 1 amide bonds. The molecule has 0 radical (unpaired) electrons. The van der Waals surface area contributed by atoms with Crippen LogP contribution in [0.4, 0.5) is 5.69 Å². The topological polar surface area (TPSA) is 46.3 Å². The molecule has 0 fully saturated rings. The predicted molar refractivity (Wildman–Crippen MR) is 75.6 cm³/mol. The number of hydrogen-bond donors (Lipinski definition) is 1. The molecule has 1 aliphatic rings. The summed E-state index contributed by atoms with van der Waals surface area (Å²) in [6, 6.07) is 13.8. The zero-order valence-corrected chi connectivity index (χ0v) is 10.9. The van der Waals surface area contributed by atoms with E-state index in [9.17, 15) is 4.79 Å². The summed E-state index contributed by atoms with van der Waals surface area (Å²) in [6.45, 7) is 3.37. The van der Waals surface area contributed by atoms with Gasteiger partial charge in [0, 0.05) is 24.3 Å². The molecule has 0 atom stereocenters. The third-order valence-corrected chi connectivity index (χ3v) is 3.51. The lowest BCUT2D eigenvalue weighted by Crippen LogP contribution is -2.23. The van der Waals surface area contributed by atoms with Crippen LogP contribution >= 0.6 is 0 Å². The van der Waals surface area contributed by atoms with Crippen molar-refractivity contribution in [2.75, 3.05) is 5.73 Å². The number of hydrogen-bond acceptors (Lipinski definition) is 2. The van der Waals surface area contributed by atoms with E-state index in [0.717, 1.165) is 16.7 Å². The molecule has 96 valence electrons. The number of benzene rings is 2. The van der Waals surface area contributed by atoms with Gasteiger partial charge in [-0.05, 0) is 30.2 Å². The molecule has 0 saturated heterocycles. The highest BCUT2D eigenvalue weighted by atomic mass is 16.2. The standard InChI is InChI=1S/C16H16N2O/c1-11-2-4-12(5-3-11)9-18-10-13-6-7-14(17)8-15(13)16(18)19/h2-8H,9-10,17H2,1H3. The van der Waals surface area contributed by atoms with Gasteiger partial charge in [0.15, 0.2) is 0 Å². The van der Waals surface area contributed by atoms with Crippen LogP contribution in [0, 0.1) is 6.92 Å². The van der Waals surface area contributed by atoms with Gasteiger partial charge in [-0.3, -0.25) is 4.79 Å². The van der Waals surface area contributed by atoms with E-state index in [2.05, 4.69) is 31.2 Å². The molecule has 0 aromatic heterocycles. The summed E-state index contributed by atoms with van der Waals surface area (Å²) in [7, 11) is 0. The molecule has 0 aliphatic carbocycles. The van der Waals surface area contributed by atoms with Crippen LogP contribution in [-0.2, 0) is 13.1 Å². The molecule has 3 heteroatoms. The van der Waals surface area contributed by atoms with Crippen molar-refractivity contribution in [3.63, 3.8) is 0 Å². The Bertz CT molecular complexity index is 632. The van der Waals surface area contributed by atoms with Crippen LogP contribution < -0.4 is 5.73 Å². The minimum Gasteiger partial charge on any atom is -0.399 e. The van der Waals surface area contributed by atoms with Gasteiger partial charge in [-0.25, -0.2) is 0 Å². The highest BCUT2D eigenvalue weighted by molar-refractivity contribution is 5.99. The maximum absolute atomic E-state index is 12.3. The Hall–Kier alpha value is -2.29. The van der Waals surface area contributed by atoms with Gasteiger partial charge in [0.1, 0.15) is 0 Å². The number of nitrogens with two attached hydrogens (primary N) is 1. The number of anilines is 1. The van der Waals surface area contributed by atoms with Crippen LogP contribution in [0.5, 0.6) is 0 Å². The first-order chi connectivity index (χ1) is 9.13. The Morgan fingerprint density at radius 1 is 1.16 bits per heavy atom. The van der Waals surface area contributed by atoms with Gasteiger partial charge < -0.3 is 10.6 Å². The Balaban J connectivity index is 1.82. The van der Waals surface area contributed by atoms with Crippen molar-refractivity contribution in [2.24, 2.45) is 0 Å². The lowest BCUT2D eigenvalue weighted by atomic mass is 10.1. The van der Waals surface area contributed by atoms with Gasteiger partial charge in [-0.1, -0.05) is 35.9 Å². The van der Waals surface area contributed by atoms with E-state index in [4.69, 9.17) is 5.73 Å². The summed E-state index contributed by atoms with van der Waals surface area (Å²) in [4.78, 5) is 14.1. The molecule has 0 spiro atoms. The number of nitrogen functional groups attached to an aromatic ring is 1. The van der Waals surface area contributed by atoms with Crippen LogP contribution in [0.25, 0.3) is 0 Å². The van der Waals surface area contributed by atoms with Gasteiger partial charge in [-0.2, -0.15) is 0 Å². The molecule has 1 aliphatic heterocycles. The zero-order valence-electron chi connectivity index (χ0n) is 10.9. The van der Waals surface area contributed by atoms with Crippen molar-refractivity contribution in [1.29, 1.82) is 0 Å². The lowest BCUT2D eigenvalue weighted by Gasteiger charge is -2.15. The van der Waals surface area contributed by atoms with E-state index in [1.165, 1.54) is 5.56 Å². The van der Waals surface area contributed by atoms with Gasteiger partial charge in [0.05, 0.1) is 0 Å². The monoisotopic (exact) mass is 252 g/mol. The second-order valence-corrected chi connectivity index (χ2v) is 5.06. The van der Waals surface area contributed by atoms with Gasteiger partial charge in [0.25, 0.3) is 5.91 Å².